The largest absolute Gasteiger partial charge is 0.454 e. The maximum absolute atomic E-state index is 13.5. The quantitative estimate of drug-likeness (QED) is 0.0879. The Bertz CT molecular complexity index is 1500. The average Bonchev–Trinajstić information content (AvgIpc) is 3.19. The van der Waals surface area contributed by atoms with Crippen LogP contribution in [0, 0.1) is 17.2 Å². The van der Waals surface area contributed by atoms with E-state index >= 15 is 0 Å². The van der Waals surface area contributed by atoms with Gasteiger partial charge in [-0.25, -0.2) is 14.4 Å². The van der Waals surface area contributed by atoms with E-state index in [0.717, 1.165) is 0 Å². The summed E-state index contributed by atoms with van der Waals surface area (Å²) in [6, 6.07) is 24.8. The van der Waals surface area contributed by atoms with Gasteiger partial charge in [0.05, 0.1) is 22.6 Å². The van der Waals surface area contributed by atoms with Crippen molar-refractivity contribution >= 4 is 58.6 Å². The van der Waals surface area contributed by atoms with Gasteiger partial charge in [0, 0.05) is 0 Å². The molecule has 6 atom stereocenters. The van der Waals surface area contributed by atoms with Crippen LogP contribution in [0.3, 0.4) is 0 Å². The molecule has 0 radical (unpaired) electrons. The normalized spacial score (nSPS) is 25.6. The fraction of sp³-hybridized carbons (Fsp3) is 0.312. The number of nitrogens with one attached hydrogen (secondary N) is 1. The Morgan fingerprint density at radius 3 is 1.66 bits per heavy atom. The van der Waals surface area contributed by atoms with Crippen molar-refractivity contribution in [2.75, 3.05) is 0 Å². The fourth-order valence-electron chi connectivity index (χ4n) is 5.56. The Labute approximate surface area is 268 Å². The van der Waals surface area contributed by atoms with Gasteiger partial charge in [0.2, 0.25) is 18.0 Å². The van der Waals surface area contributed by atoms with Gasteiger partial charge >= 0.3 is 17.9 Å². The lowest BCUT2D eigenvalue weighted by molar-refractivity contribution is -0.420. The van der Waals surface area contributed by atoms with Crippen LogP contribution < -0.4 is 0 Å². The number of ether oxygens (including phenoxy) is 5. The molecule has 2 fully saturated rings. The van der Waals surface area contributed by atoms with Crippen LogP contribution in [0.25, 0.3) is 0 Å². The molecule has 0 aromatic heterocycles. The van der Waals surface area contributed by atoms with Crippen LogP contribution in [0.1, 0.15) is 50.8 Å². The molecule has 1 heterocycles. The average molecular weight is 661 g/mol. The number of rotatable bonds is 9. The molecule has 5 rings (SSSR count). The van der Waals surface area contributed by atoms with Crippen molar-refractivity contribution in [2.24, 2.45) is 11.8 Å². The molecule has 2 aliphatic rings. The summed E-state index contributed by atoms with van der Waals surface area (Å²) in [5.74, 6) is -6.58. The van der Waals surface area contributed by atoms with Crippen molar-refractivity contribution in [3.8, 4) is 0 Å². The predicted molar refractivity (Wildman–Crippen MR) is 162 cm³/mol. The molecule has 1 saturated carbocycles. The third-order valence-electron chi connectivity index (χ3n) is 7.51. The summed E-state index contributed by atoms with van der Waals surface area (Å²) in [6.45, 7) is 1.90. The van der Waals surface area contributed by atoms with Gasteiger partial charge in [0.1, 0.15) is 12.0 Å². The van der Waals surface area contributed by atoms with Gasteiger partial charge in [0.15, 0.2) is 6.10 Å². The second kappa shape index (κ2) is 13.2. The highest BCUT2D eigenvalue weighted by Crippen LogP contribution is 2.59. The van der Waals surface area contributed by atoms with E-state index < -0.39 is 63.7 Å². The van der Waals surface area contributed by atoms with Crippen molar-refractivity contribution in [3.05, 3.63) is 108 Å². The molecule has 1 aliphatic carbocycles. The van der Waals surface area contributed by atoms with E-state index in [1.54, 1.807) is 91.0 Å². The number of alkyl halides is 3. The summed E-state index contributed by atoms with van der Waals surface area (Å²) in [5, 5.41) is 8.15. The maximum atomic E-state index is 13.5. The Morgan fingerprint density at radius 1 is 0.750 bits per heavy atom. The summed E-state index contributed by atoms with van der Waals surface area (Å²) in [7, 11) is 0. The van der Waals surface area contributed by atoms with Crippen molar-refractivity contribution in [1.82, 2.24) is 0 Å². The highest BCUT2D eigenvalue weighted by Gasteiger charge is 2.77. The predicted octanol–water partition coefficient (Wildman–Crippen LogP) is 6.76. The Morgan fingerprint density at radius 2 is 1.20 bits per heavy atom. The first-order valence-electron chi connectivity index (χ1n) is 13.9. The number of carbonyl (C=O) groups is 3. The lowest BCUT2D eigenvalue weighted by atomic mass is 9.86. The molecule has 3 aromatic carbocycles. The Balaban J connectivity index is 1.58. The van der Waals surface area contributed by atoms with Gasteiger partial charge in [0.25, 0.3) is 3.79 Å². The number of esters is 3. The van der Waals surface area contributed by atoms with Crippen molar-refractivity contribution in [2.45, 2.75) is 47.8 Å². The molecule has 1 saturated heterocycles. The van der Waals surface area contributed by atoms with Gasteiger partial charge < -0.3 is 18.9 Å². The smallest absolute Gasteiger partial charge is 0.340 e. The summed E-state index contributed by atoms with van der Waals surface area (Å²) in [5.41, 5.74) is 0.732. The van der Waals surface area contributed by atoms with Gasteiger partial charge in [-0.15, -0.1) is 0 Å². The zero-order valence-corrected chi connectivity index (χ0v) is 25.6. The molecular formula is C32H28Cl3NO8. The number of hydrogen-bond donors (Lipinski definition) is 1. The van der Waals surface area contributed by atoms with E-state index in [4.69, 9.17) is 63.9 Å². The van der Waals surface area contributed by atoms with E-state index in [1.807, 2.05) is 6.92 Å². The van der Waals surface area contributed by atoms with Crippen LogP contribution >= 0.6 is 34.8 Å². The van der Waals surface area contributed by atoms with Gasteiger partial charge in [-0.2, -0.15) is 0 Å². The van der Waals surface area contributed by atoms with E-state index in [1.165, 1.54) is 0 Å². The second-order valence-electron chi connectivity index (χ2n) is 10.3. The minimum absolute atomic E-state index is 0.234. The van der Waals surface area contributed by atoms with Crippen LogP contribution in [0.5, 0.6) is 0 Å². The molecule has 3 aromatic rings. The standard InChI is InChI=1S/C32H28Cl3NO8/c1-2-12-22-24(40-26(37)19-13-6-3-7-14-19)25(41-27(38)20-15-8-4-9-16-20)23-29(42-30(36)32(33,34)35)44-31(22,23)43-28(39)21-17-10-5-11-18-21/h3-11,13-18,22-25,29,36H,2,12H2,1H3. The van der Waals surface area contributed by atoms with E-state index in [9.17, 15) is 14.4 Å². The number of carbonyl (C=O) groups excluding carboxylic acids is 3. The van der Waals surface area contributed by atoms with Crippen molar-refractivity contribution < 1.29 is 38.1 Å². The van der Waals surface area contributed by atoms with Gasteiger partial charge in [-0.05, 0) is 42.8 Å². The molecular weight excluding hydrogens is 633 g/mol. The molecule has 0 bridgehead atoms. The topological polar surface area (TPSA) is 121 Å². The van der Waals surface area contributed by atoms with Crippen molar-refractivity contribution in [1.29, 1.82) is 5.41 Å². The van der Waals surface area contributed by atoms with Gasteiger partial charge in [-0.1, -0.05) is 103 Å². The number of halogens is 3. The lowest BCUT2D eigenvalue weighted by Gasteiger charge is -2.51. The maximum Gasteiger partial charge on any atom is 0.340 e. The molecule has 230 valence electrons. The molecule has 1 N–H and O–H groups in total. The first-order valence-corrected chi connectivity index (χ1v) is 15.0. The van der Waals surface area contributed by atoms with Crippen LogP contribution in [0.4, 0.5) is 0 Å². The van der Waals surface area contributed by atoms with E-state index in [0.29, 0.717) is 12.8 Å². The van der Waals surface area contributed by atoms with E-state index in [2.05, 4.69) is 0 Å². The van der Waals surface area contributed by atoms with Crippen LogP contribution in [-0.2, 0) is 23.7 Å². The third kappa shape index (κ3) is 6.42. The first kappa shape index (κ1) is 31.8. The third-order valence-corrected chi connectivity index (χ3v) is 8.02. The van der Waals surface area contributed by atoms with Crippen molar-refractivity contribution in [3.63, 3.8) is 0 Å². The highest BCUT2D eigenvalue weighted by atomic mass is 35.6. The van der Waals surface area contributed by atoms with Gasteiger partial charge in [-0.3, -0.25) is 10.1 Å². The molecule has 1 aliphatic heterocycles. The minimum Gasteiger partial charge on any atom is -0.454 e. The monoisotopic (exact) mass is 659 g/mol. The summed E-state index contributed by atoms with van der Waals surface area (Å²) in [6.07, 6.45) is -2.88. The SMILES string of the molecule is CCCC1C(OC(=O)c2ccccc2)C(OC(=O)c2ccccc2)C2C(OC(=N)C(Cl)(Cl)Cl)OC12OC(=O)c1ccccc1. The summed E-state index contributed by atoms with van der Waals surface area (Å²) in [4.78, 5) is 40.3. The second-order valence-corrected chi connectivity index (χ2v) is 12.6. The number of fused-ring (bicyclic) bond motifs is 1. The first-order chi connectivity index (χ1) is 21.0. The molecule has 0 spiro atoms. The lowest BCUT2D eigenvalue weighted by Crippen LogP contribution is -2.66. The van der Waals surface area contributed by atoms with Crippen LogP contribution in [0.2, 0.25) is 0 Å². The molecule has 6 unspecified atom stereocenters. The summed E-state index contributed by atoms with van der Waals surface area (Å²) >= 11 is 17.6. The molecule has 12 heteroatoms. The zero-order valence-electron chi connectivity index (χ0n) is 23.4. The number of hydrogen-bond acceptors (Lipinski definition) is 9. The Kier molecular flexibility index (Phi) is 9.51. The summed E-state index contributed by atoms with van der Waals surface area (Å²) < 4.78 is 27.7. The Hall–Kier alpha value is -3.63. The number of benzene rings is 3. The highest BCUT2D eigenvalue weighted by molar-refractivity contribution is 6.76. The molecule has 0 amide bonds. The molecule has 44 heavy (non-hydrogen) atoms. The fourth-order valence-corrected chi connectivity index (χ4v) is 5.69. The zero-order chi connectivity index (χ0) is 31.5. The van der Waals surface area contributed by atoms with Crippen LogP contribution in [0.15, 0.2) is 91.0 Å². The van der Waals surface area contributed by atoms with Crippen LogP contribution in [-0.4, -0.2) is 51.9 Å². The minimum atomic E-state index is -2.24. The molecule has 9 nitrogen and oxygen atoms in total. The van der Waals surface area contributed by atoms with E-state index in [-0.39, 0.29) is 16.7 Å².